The molecule has 0 bridgehead atoms. The number of nitrogens with zero attached hydrogens (tertiary/aromatic N) is 1. The first-order valence-corrected chi connectivity index (χ1v) is 7.91. The molecule has 26 heavy (non-hydrogen) atoms. The van der Waals surface area contributed by atoms with E-state index in [2.05, 4.69) is 5.32 Å². The van der Waals surface area contributed by atoms with E-state index < -0.39 is 16.4 Å². The summed E-state index contributed by atoms with van der Waals surface area (Å²) < 4.78 is 0. The molecule has 130 valence electrons. The van der Waals surface area contributed by atoms with E-state index in [0.717, 1.165) is 0 Å². The van der Waals surface area contributed by atoms with Crippen LogP contribution in [0.5, 0.6) is 0 Å². The van der Waals surface area contributed by atoms with E-state index in [-0.39, 0.29) is 11.4 Å². The Kier molecular flexibility index (Phi) is 4.77. The van der Waals surface area contributed by atoms with Crippen LogP contribution >= 0.6 is 0 Å². The number of nitrogens with one attached hydrogen (secondary N) is 1. The molecule has 0 radical (unpaired) electrons. The topological polar surface area (TPSA) is 92.5 Å². The summed E-state index contributed by atoms with van der Waals surface area (Å²) in [7, 11) is 0. The molecular weight excluding hydrogens is 332 g/mol. The fourth-order valence-electron chi connectivity index (χ4n) is 2.71. The van der Waals surface area contributed by atoms with Crippen molar-refractivity contribution < 1.29 is 14.8 Å². The average Bonchev–Trinajstić information content (AvgIpc) is 2.68. The molecule has 0 aliphatic heterocycles. The van der Waals surface area contributed by atoms with Gasteiger partial charge in [0.1, 0.15) is 0 Å². The fraction of sp³-hybridized carbons (Fsp3) is 0.0500. The Morgan fingerprint density at radius 2 is 1.42 bits per heavy atom. The number of nitro groups is 1. The fourth-order valence-corrected chi connectivity index (χ4v) is 2.71. The minimum Gasteiger partial charge on any atom is -0.372 e. The van der Waals surface area contributed by atoms with Crippen molar-refractivity contribution >= 4 is 17.3 Å². The maximum absolute atomic E-state index is 13.0. The molecule has 0 aliphatic carbocycles. The second kappa shape index (κ2) is 7.16. The first-order valence-electron chi connectivity index (χ1n) is 7.91. The summed E-state index contributed by atoms with van der Waals surface area (Å²) >= 11 is 0. The molecule has 0 fully saturated rings. The average molecular weight is 348 g/mol. The number of carbonyl (C=O) groups excluding carboxylic acids is 1. The van der Waals surface area contributed by atoms with Gasteiger partial charge in [-0.3, -0.25) is 14.9 Å². The van der Waals surface area contributed by atoms with E-state index in [1.807, 2.05) is 0 Å². The SMILES string of the molecule is O=C(Nc1cccc([N+](=O)[O-])c1)C(O)(c1ccccc1)c1ccccc1. The maximum atomic E-state index is 13.0. The van der Waals surface area contributed by atoms with Gasteiger partial charge in [-0.25, -0.2) is 0 Å². The van der Waals surface area contributed by atoms with Gasteiger partial charge in [0.05, 0.1) is 4.92 Å². The molecule has 3 aromatic carbocycles. The smallest absolute Gasteiger partial charge is 0.271 e. The first kappa shape index (κ1) is 17.3. The van der Waals surface area contributed by atoms with Crippen LogP contribution < -0.4 is 5.32 Å². The van der Waals surface area contributed by atoms with Gasteiger partial charge in [-0.1, -0.05) is 66.7 Å². The van der Waals surface area contributed by atoms with Gasteiger partial charge in [0.25, 0.3) is 11.6 Å². The highest BCUT2D eigenvalue weighted by molar-refractivity contribution is 6.00. The van der Waals surface area contributed by atoms with Crippen molar-refractivity contribution in [3.05, 3.63) is 106 Å². The Balaban J connectivity index is 2.01. The van der Waals surface area contributed by atoms with Gasteiger partial charge < -0.3 is 10.4 Å². The van der Waals surface area contributed by atoms with Gasteiger partial charge in [0, 0.05) is 17.8 Å². The summed E-state index contributed by atoms with van der Waals surface area (Å²) in [5.74, 6) is -0.699. The molecule has 0 aromatic heterocycles. The molecule has 3 aromatic rings. The Hall–Kier alpha value is -3.51. The Morgan fingerprint density at radius 3 is 1.92 bits per heavy atom. The number of hydrogen-bond donors (Lipinski definition) is 2. The second-order valence-corrected chi connectivity index (χ2v) is 5.70. The summed E-state index contributed by atoms with van der Waals surface area (Å²) in [5.41, 5.74) is -1.06. The Labute approximate surface area is 149 Å². The minimum atomic E-state index is -1.94. The van der Waals surface area contributed by atoms with Gasteiger partial charge in [0.2, 0.25) is 0 Å². The van der Waals surface area contributed by atoms with E-state index in [1.165, 1.54) is 24.3 Å². The standard InChI is InChI=1S/C20H16N2O4/c23-19(21-17-12-7-13-18(14-17)22(25)26)20(24,15-8-3-1-4-9-15)16-10-5-2-6-11-16/h1-14,24H,(H,21,23). The summed E-state index contributed by atoms with van der Waals surface area (Å²) in [4.78, 5) is 23.4. The van der Waals surface area contributed by atoms with E-state index in [0.29, 0.717) is 11.1 Å². The maximum Gasteiger partial charge on any atom is 0.271 e. The molecule has 0 saturated carbocycles. The van der Waals surface area contributed by atoms with Gasteiger partial charge >= 0.3 is 0 Å². The van der Waals surface area contributed by atoms with Crippen molar-refractivity contribution in [1.29, 1.82) is 0 Å². The third-order valence-corrected chi connectivity index (χ3v) is 4.03. The van der Waals surface area contributed by atoms with Crippen LogP contribution in [0.25, 0.3) is 0 Å². The highest BCUT2D eigenvalue weighted by Gasteiger charge is 2.39. The summed E-state index contributed by atoms with van der Waals surface area (Å²) in [6, 6.07) is 22.7. The second-order valence-electron chi connectivity index (χ2n) is 5.70. The van der Waals surface area contributed by atoms with E-state index in [1.54, 1.807) is 60.7 Å². The molecule has 0 spiro atoms. The van der Waals surface area contributed by atoms with Gasteiger partial charge in [0.15, 0.2) is 5.60 Å². The molecule has 0 aliphatic rings. The van der Waals surface area contributed by atoms with E-state index in [9.17, 15) is 20.0 Å². The lowest BCUT2D eigenvalue weighted by Gasteiger charge is -2.28. The van der Waals surface area contributed by atoms with Crippen LogP contribution in [0, 0.1) is 10.1 Å². The lowest BCUT2D eigenvalue weighted by atomic mass is 9.85. The summed E-state index contributed by atoms with van der Waals surface area (Å²) in [6.45, 7) is 0. The predicted octanol–water partition coefficient (Wildman–Crippen LogP) is 3.47. The van der Waals surface area contributed by atoms with Crippen LogP contribution in [0.1, 0.15) is 11.1 Å². The molecule has 0 heterocycles. The van der Waals surface area contributed by atoms with Crippen LogP contribution in [0.4, 0.5) is 11.4 Å². The highest BCUT2D eigenvalue weighted by atomic mass is 16.6. The quantitative estimate of drug-likeness (QED) is 0.545. The zero-order valence-corrected chi connectivity index (χ0v) is 13.7. The molecule has 1 amide bonds. The number of benzene rings is 3. The van der Waals surface area contributed by atoms with Crippen LogP contribution in [0.2, 0.25) is 0 Å². The number of hydrogen-bond acceptors (Lipinski definition) is 4. The van der Waals surface area contributed by atoms with E-state index in [4.69, 9.17) is 0 Å². The molecule has 6 nitrogen and oxygen atoms in total. The number of aliphatic hydroxyl groups is 1. The van der Waals surface area contributed by atoms with Crippen LogP contribution in [-0.2, 0) is 10.4 Å². The molecule has 2 N–H and O–H groups in total. The van der Waals surface area contributed by atoms with Crippen molar-refractivity contribution in [2.75, 3.05) is 5.32 Å². The number of non-ortho nitro benzene ring substituents is 1. The summed E-state index contributed by atoms with van der Waals surface area (Å²) in [6.07, 6.45) is 0. The zero-order chi connectivity index (χ0) is 18.6. The number of rotatable bonds is 5. The van der Waals surface area contributed by atoms with Crippen LogP contribution in [-0.4, -0.2) is 15.9 Å². The molecule has 6 heteroatoms. The molecule has 0 unspecified atom stereocenters. The molecule has 0 saturated heterocycles. The van der Waals surface area contributed by atoms with Crippen molar-refractivity contribution in [3.63, 3.8) is 0 Å². The number of amides is 1. The van der Waals surface area contributed by atoms with Gasteiger partial charge in [-0.05, 0) is 17.2 Å². The normalized spacial score (nSPS) is 11.0. The van der Waals surface area contributed by atoms with Crippen molar-refractivity contribution in [2.24, 2.45) is 0 Å². The molecule has 3 rings (SSSR count). The Bertz CT molecular complexity index is 887. The minimum absolute atomic E-state index is 0.147. The lowest BCUT2D eigenvalue weighted by Crippen LogP contribution is -2.41. The monoisotopic (exact) mass is 348 g/mol. The van der Waals surface area contributed by atoms with Crippen LogP contribution in [0.15, 0.2) is 84.9 Å². The predicted molar refractivity (Wildman–Crippen MR) is 97.6 cm³/mol. The van der Waals surface area contributed by atoms with Crippen molar-refractivity contribution in [1.82, 2.24) is 0 Å². The number of nitro benzene ring substituents is 1. The third kappa shape index (κ3) is 3.31. The Morgan fingerprint density at radius 1 is 0.885 bits per heavy atom. The summed E-state index contributed by atoms with van der Waals surface area (Å²) in [5, 5.41) is 24.8. The van der Waals surface area contributed by atoms with Gasteiger partial charge in [-0.2, -0.15) is 0 Å². The van der Waals surface area contributed by atoms with Crippen molar-refractivity contribution in [3.8, 4) is 0 Å². The molecule has 0 atom stereocenters. The zero-order valence-electron chi connectivity index (χ0n) is 13.7. The first-order chi connectivity index (χ1) is 12.5. The van der Waals surface area contributed by atoms with Crippen LogP contribution in [0.3, 0.4) is 0 Å². The molecular formula is C20H16N2O4. The highest BCUT2D eigenvalue weighted by Crippen LogP contribution is 2.31. The van der Waals surface area contributed by atoms with E-state index >= 15 is 0 Å². The lowest BCUT2D eigenvalue weighted by molar-refractivity contribution is -0.384. The number of anilines is 1. The largest absolute Gasteiger partial charge is 0.372 e. The third-order valence-electron chi connectivity index (χ3n) is 4.03. The number of carbonyl (C=O) groups is 1. The van der Waals surface area contributed by atoms with Gasteiger partial charge in [-0.15, -0.1) is 0 Å². The van der Waals surface area contributed by atoms with Crippen molar-refractivity contribution in [2.45, 2.75) is 5.60 Å².